The van der Waals surface area contributed by atoms with Gasteiger partial charge in [-0.25, -0.2) is 0 Å². The van der Waals surface area contributed by atoms with Gasteiger partial charge in [0.1, 0.15) is 0 Å². The molecular formula is C10H19N3O. The summed E-state index contributed by atoms with van der Waals surface area (Å²) in [7, 11) is 0. The van der Waals surface area contributed by atoms with Gasteiger partial charge in [0, 0.05) is 19.3 Å². The average molecular weight is 197 g/mol. The Morgan fingerprint density at radius 2 is 2.43 bits per heavy atom. The first-order valence-electron chi connectivity index (χ1n) is 5.03. The predicted molar refractivity (Wildman–Crippen MR) is 56.1 cm³/mol. The minimum atomic E-state index is 0.244. The molecule has 0 aliphatic heterocycles. The Kier molecular flexibility index (Phi) is 4.62. The van der Waals surface area contributed by atoms with Crippen molar-refractivity contribution in [3.63, 3.8) is 0 Å². The first kappa shape index (κ1) is 11.2. The molecule has 0 saturated heterocycles. The highest BCUT2D eigenvalue weighted by molar-refractivity contribution is 4.99. The second kappa shape index (κ2) is 5.78. The molecule has 0 radical (unpaired) electrons. The van der Waals surface area contributed by atoms with Crippen LogP contribution in [0.3, 0.4) is 0 Å². The molecule has 0 fully saturated rings. The van der Waals surface area contributed by atoms with Gasteiger partial charge < -0.3 is 10.4 Å². The molecule has 1 atom stereocenters. The summed E-state index contributed by atoms with van der Waals surface area (Å²) < 4.78 is 1.92. The zero-order chi connectivity index (χ0) is 10.4. The lowest BCUT2D eigenvalue weighted by Crippen LogP contribution is -2.26. The number of nitrogens with one attached hydrogen (secondary N) is 1. The maximum Gasteiger partial charge on any atom is 0.0534 e. The average Bonchev–Trinajstić information content (AvgIpc) is 2.58. The fourth-order valence-electron chi connectivity index (χ4n) is 1.20. The van der Waals surface area contributed by atoms with E-state index in [1.807, 2.05) is 30.9 Å². The smallest absolute Gasteiger partial charge is 0.0534 e. The summed E-state index contributed by atoms with van der Waals surface area (Å²) in [6.07, 6.45) is 3.88. The van der Waals surface area contributed by atoms with Gasteiger partial charge in [0.15, 0.2) is 0 Å². The largest absolute Gasteiger partial charge is 0.396 e. The Morgan fingerprint density at radius 3 is 3.00 bits per heavy atom. The topological polar surface area (TPSA) is 50.1 Å². The Balaban J connectivity index is 2.10. The minimum Gasteiger partial charge on any atom is -0.396 e. The lowest BCUT2D eigenvalue weighted by Gasteiger charge is -2.09. The van der Waals surface area contributed by atoms with E-state index >= 15 is 0 Å². The molecule has 0 aliphatic rings. The summed E-state index contributed by atoms with van der Waals surface area (Å²) in [6.45, 7) is 6.93. The van der Waals surface area contributed by atoms with E-state index in [2.05, 4.69) is 10.4 Å². The van der Waals surface area contributed by atoms with Crippen LogP contribution in [-0.4, -0.2) is 34.6 Å². The van der Waals surface area contributed by atoms with Gasteiger partial charge in [-0.1, -0.05) is 6.92 Å². The van der Waals surface area contributed by atoms with Crippen LogP contribution >= 0.6 is 0 Å². The molecule has 0 bridgehead atoms. The molecule has 1 aromatic heterocycles. The second-order valence-electron chi connectivity index (χ2n) is 3.77. The van der Waals surface area contributed by atoms with Crippen LogP contribution in [0.1, 0.15) is 12.5 Å². The van der Waals surface area contributed by atoms with Crippen molar-refractivity contribution in [3.05, 3.63) is 18.0 Å². The third kappa shape index (κ3) is 3.89. The summed E-state index contributed by atoms with van der Waals surface area (Å²) in [5, 5.41) is 16.2. The summed E-state index contributed by atoms with van der Waals surface area (Å²) in [5.41, 5.74) is 1.19. The van der Waals surface area contributed by atoms with Gasteiger partial charge in [-0.3, -0.25) is 4.68 Å². The molecule has 4 nitrogen and oxygen atoms in total. The van der Waals surface area contributed by atoms with E-state index in [1.165, 1.54) is 5.56 Å². The molecule has 4 heteroatoms. The van der Waals surface area contributed by atoms with Crippen molar-refractivity contribution in [1.82, 2.24) is 15.1 Å². The Hall–Kier alpha value is -0.870. The van der Waals surface area contributed by atoms with Crippen LogP contribution in [0.5, 0.6) is 0 Å². The summed E-state index contributed by atoms with van der Waals surface area (Å²) in [5.74, 6) is 0.328. The molecule has 14 heavy (non-hydrogen) atoms. The number of nitrogens with zero attached hydrogens (tertiary/aromatic N) is 2. The molecule has 1 heterocycles. The standard InChI is InChI=1S/C10H19N3O/c1-9-6-12-13(7-9)4-3-11-5-10(2)8-14/h6-7,10-11,14H,3-5,8H2,1-2H3. The molecule has 1 rings (SSSR count). The summed E-state index contributed by atoms with van der Waals surface area (Å²) in [4.78, 5) is 0. The molecular weight excluding hydrogens is 178 g/mol. The number of hydrogen-bond acceptors (Lipinski definition) is 3. The van der Waals surface area contributed by atoms with Crippen LogP contribution in [0.2, 0.25) is 0 Å². The van der Waals surface area contributed by atoms with Crippen LogP contribution in [0.25, 0.3) is 0 Å². The monoisotopic (exact) mass is 197 g/mol. The van der Waals surface area contributed by atoms with E-state index in [0.29, 0.717) is 5.92 Å². The number of aliphatic hydroxyl groups excluding tert-OH is 1. The van der Waals surface area contributed by atoms with Crippen molar-refractivity contribution in [1.29, 1.82) is 0 Å². The minimum absolute atomic E-state index is 0.244. The summed E-state index contributed by atoms with van der Waals surface area (Å²) in [6, 6.07) is 0. The van der Waals surface area contributed by atoms with Gasteiger partial charge in [0.25, 0.3) is 0 Å². The molecule has 0 aliphatic carbocycles. The van der Waals surface area contributed by atoms with Crippen molar-refractivity contribution >= 4 is 0 Å². The number of rotatable bonds is 6. The van der Waals surface area contributed by atoms with Crippen molar-refractivity contribution in [2.75, 3.05) is 19.7 Å². The highest BCUT2D eigenvalue weighted by Gasteiger charge is 1.98. The highest BCUT2D eigenvalue weighted by atomic mass is 16.3. The van der Waals surface area contributed by atoms with Gasteiger partial charge in [0.2, 0.25) is 0 Å². The maximum absolute atomic E-state index is 8.80. The zero-order valence-corrected chi connectivity index (χ0v) is 8.90. The fourth-order valence-corrected chi connectivity index (χ4v) is 1.20. The van der Waals surface area contributed by atoms with E-state index in [1.54, 1.807) is 0 Å². The molecule has 0 aromatic carbocycles. The molecule has 0 amide bonds. The zero-order valence-electron chi connectivity index (χ0n) is 8.90. The first-order chi connectivity index (χ1) is 6.72. The van der Waals surface area contributed by atoms with Crippen LogP contribution in [-0.2, 0) is 6.54 Å². The quantitative estimate of drug-likeness (QED) is 0.649. The van der Waals surface area contributed by atoms with Gasteiger partial charge in [-0.05, 0) is 24.9 Å². The van der Waals surface area contributed by atoms with Crippen molar-refractivity contribution < 1.29 is 5.11 Å². The SMILES string of the molecule is Cc1cnn(CCNCC(C)CO)c1. The number of aryl methyl sites for hydroxylation is 1. The van der Waals surface area contributed by atoms with Gasteiger partial charge >= 0.3 is 0 Å². The van der Waals surface area contributed by atoms with E-state index < -0.39 is 0 Å². The lowest BCUT2D eigenvalue weighted by atomic mass is 10.2. The highest BCUT2D eigenvalue weighted by Crippen LogP contribution is 1.93. The van der Waals surface area contributed by atoms with E-state index in [-0.39, 0.29) is 6.61 Å². The molecule has 2 N–H and O–H groups in total. The molecule has 80 valence electrons. The van der Waals surface area contributed by atoms with E-state index in [4.69, 9.17) is 5.11 Å². The van der Waals surface area contributed by atoms with E-state index in [9.17, 15) is 0 Å². The van der Waals surface area contributed by atoms with E-state index in [0.717, 1.165) is 19.6 Å². The van der Waals surface area contributed by atoms with Gasteiger partial charge in [-0.15, -0.1) is 0 Å². The van der Waals surface area contributed by atoms with Gasteiger partial charge in [-0.2, -0.15) is 5.10 Å². The fraction of sp³-hybridized carbons (Fsp3) is 0.700. The van der Waals surface area contributed by atoms with Crippen LogP contribution in [0, 0.1) is 12.8 Å². The van der Waals surface area contributed by atoms with Gasteiger partial charge in [0.05, 0.1) is 12.7 Å². The lowest BCUT2D eigenvalue weighted by molar-refractivity contribution is 0.233. The van der Waals surface area contributed by atoms with Crippen LogP contribution in [0.15, 0.2) is 12.4 Å². The Labute approximate surface area is 84.9 Å². The third-order valence-corrected chi connectivity index (χ3v) is 2.08. The number of aromatic nitrogens is 2. The number of aliphatic hydroxyl groups is 1. The van der Waals surface area contributed by atoms with Crippen LogP contribution in [0.4, 0.5) is 0 Å². The Bertz CT molecular complexity index is 260. The molecule has 1 unspecified atom stereocenters. The predicted octanol–water partition coefficient (Wildman–Crippen LogP) is 0.410. The molecule has 1 aromatic rings. The molecule has 0 saturated carbocycles. The van der Waals surface area contributed by atoms with Crippen molar-refractivity contribution in [2.24, 2.45) is 5.92 Å². The maximum atomic E-state index is 8.80. The number of hydrogen-bond donors (Lipinski definition) is 2. The normalized spacial score (nSPS) is 13.1. The molecule has 0 spiro atoms. The Morgan fingerprint density at radius 1 is 1.64 bits per heavy atom. The second-order valence-corrected chi connectivity index (χ2v) is 3.77. The van der Waals surface area contributed by atoms with Crippen LogP contribution < -0.4 is 5.32 Å². The third-order valence-electron chi connectivity index (χ3n) is 2.08. The van der Waals surface area contributed by atoms with Crippen molar-refractivity contribution in [2.45, 2.75) is 20.4 Å². The first-order valence-corrected chi connectivity index (χ1v) is 5.03. The van der Waals surface area contributed by atoms with Crippen molar-refractivity contribution in [3.8, 4) is 0 Å². The summed E-state index contributed by atoms with van der Waals surface area (Å²) >= 11 is 0.